The summed E-state index contributed by atoms with van der Waals surface area (Å²) in [5, 5.41) is 14.8. The van der Waals surface area contributed by atoms with Crippen LogP contribution >= 0.6 is 11.6 Å². The highest BCUT2D eigenvalue weighted by Gasteiger charge is 2.31. The van der Waals surface area contributed by atoms with E-state index >= 15 is 0 Å². The van der Waals surface area contributed by atoms with E-state index in [2.05, 4.69) is 62.7 Å². The van der Waals surface area contributed by atoms with Gasteiger partial charge in [0.1, 0.15) is 6.04 Å². The monoisotopic (exact) mass is 588 g/mol. The highest BCUT2D eigenvalue weighted by Crippen LogP contribution is 2.32. The molecular formula is C35H33ClN6O. The van der Waals surface area contributed by atoms with Crippen molar-refractivity contribution in [2.75, 3.05) is 0 Å². The summed E-state index contributed by atoms with van der Waals surface area (Å²) in [6.07, 6.45) is 0.751. The molecule has 0 amide bonds. The summed E-state index contributed by atoms with van der Waals surface area (Å²) in [5.41, 5.74) is 6.61. The lowest BCUT2D eigenvalue weighted by Crippen LogP contribution is -2.35. The second-order valence-corrected chi connectivity index (χ2v) is 11.3. The average molecular weight is 589 g/mol. The van der Waals surface area contributed by atoms with Crippen LogP contribution in [-0.2, 0) is 26.1 Å². The number of pyridine rings is 1. The van der Waals surface area contributed by atoms with Crippen LogP contribution in [-0.4, -0.2) is 30.1 Å². The van der Waals surface area contributed by atoms with Gasteiger partial charge in [-0.15, -0.1) is 5.10 Å². The molecule has 7 nitrogen and oxygen atoms in total. The molecular weight excluding hydrogens is 556 g/mol. The molecule has 2 heterocycles. The van der Waals surface area contributed by atoms with Gasteiger partial charge < -0.3 is 4.98 Å². The number of nitrogens with one attached hydrogen (secondary N) is 1. The van der Waals surface area contributed by atoms with Crippen molar-refractivity contribution in [3.05, 3.63) is 158 Å². The van der Waals surface area contributed by atoms with Crippen molar-refractivity contribution in [2.45, 2.75) is 45.9 Å². The highest BCUT2D eigenvalue weighted by atomic mass is 35.5. The van der Waals surface area contributed by atoms with Crippen molar-refractivity contribution < 1.29 is 0 Å². The molecule has 0 aliphatic carbocycles. The Morgan fingerprint density at radius 3 is 2.26 bits per heavy atom. The Morgan fingerprint density at radius 2 is 1.51 bits per heavy atom. The van der Waals surface area contributed by atoms with E-state index in [1.54, 1.807) is 0 Å². The molecule has 43 heavy (non-hydrogen) atoms. The molecule has 216 valence electrons. The molecule has 8 heteroatoms. The first-order valence-electron chi connectivity index (χ1n) is 14.4. The zero-order valence-corrected chi connectivity index (χ0v) is 25.0. The van der Waals surface area contributed by atoms with Gasteiger partial charge >= 0.3 is 0 Å². The fraction of sp³-hybridized carbons (Fsp3) is 0.200. The number of aromatic nitrogens is 5. The summed E-state index contributed by atoms with van der Waals surface area (Å²) in [6.45, 7) is 5.67. The molecule has 0 spiro atoms. The van der Waals surface area contributed by atoms with Crippen molar-refractivity contribution in [2.24, 2.45) is 0 Å². The van der Waals surface area contributed by atoms with Crippen molar-refractivity contribution in [1.82, 2.24) is 30.1 Å². The van der Waals surface area contributed by atoms with Gasteiger partial charge in [-0.25, -0.2) is 4.68 Å². The number of hydrogen-bond donors (Lipinski definition) is 1. The van der Waals surface area contributed by atoms with Crippen LogP contribution in [0.25, 0.3) is 10.9 Å². The molecule has 0 aliphatic rings. The van der Waals surface area contributed by atoms with E-state index in [-0.39, 0.29) is 5.56 Å². The lowest BCUT2D eigenvalue weighted by atomic mass is 9.98. The van der Waals surface area contributed by atoms with Gasteiger partial charge in [0.2, 0.25) is 0 Å². The topological polar surface area (TPSA) is 79.7 Å². The fourth-order valence-electron chi connectivity index (χ4n) is 5.64. The van der Waals surface area contributed by atoms with E-state index in [1.807, 2.05) is 84.4 Å². The second kappa shape index (κ2) is 12.7. The highest BCUT2D eigenvalue weighted by molar-refractivity contribution is 6.31. The molecule has 0 aliphatic heterocycles. The number of H-pyrrole nitrogens is 1. The van der Waals surface area contributed by atoms with E-state index in [9.17, 15) is 4.79 Å². The van der Waals surface area contributed by atoms with E-state index in [4.69, 9.17) is 11.6 Å². The zero-order chi connectivity index (χ0) is 29.8. The number of nitrogens with zero attached hydrogens (tertiary/aromatic N) is 5. The summed E-state index contributed by atoms with van der Waals surface area (Å²) in [5.74, 6) is 0.606. The maximum Gasteiger partial charge on any atom is 0.253 e. The molecule has 0 radical (unpaired) electrons. The van der Waals surface area contributed by atoms with Gasteiger partial charge in [-0.05, 0) is 70.6 Å². The first-order valence-corrected chi connectivity index (χ1v) is 14.8. The number of halogens is 1. The normalized spacial score (nSPS) is 12.2. The molecule has 0 bridgehead atoms. The second-order valence-electron chi connectivity index (χ2n) is 10.9. The predicted molar refractivity (Wildman–Crippen MR) is 171 cm³/mol. The van der Waals surface area contributed by atoms with E-state index in [0.29, 0.717) is 36.0 Å². The fourth-order valence-corrected chi connectivity index (χ4v) is 5.84. The van der Waals surface area contributed by atoms with Crippen LogP contribution in [0, 0.1) is 13.8 Å². The molecule has 0 fully saturated rings. The number of tetrazole rings is 1. The Bertz CT molecular complexity index is 1900. The molecule has 4 aromatic carbocycles. The van der Waals surface area contributed by atoms with Crippen LogP contribution in [0.4, 0.5) is 0 Å². The van der Waals surface area contributed by atoms with Crippen LogP contribution in [0.5, 0.6) is 0 Å². The summed E-state index contributed by atoms with van der Waals surface area (Å²) in [6, 6.07) is 33.9. The number of aryl methyl sites for hydroxylation is 4. The Kier molecular flexibility index (Phi) is 8.45. The van der Waals surface area contributed by atoms with Crippen molar-refractivity contribution >= 4 is 22.5 Å². The van der Waals surface area contributed by atoms with Gasteiger partial charge in [0.05, 0.1) is 5.52 Å². The number of benzene rings is 4. The molecule has 6 aromatic rings. The smallest absolute Gasteiger partial charge is 0.253 e. The van der Waals surface area contributed by atoms with Gasteiger partial charge in [-0.1, -0.05) is 103 Å². The third-order valence-corrected chi connectivity index (χ3v) is 8.32. The molecule has 0 saturated carbocycles. The molecule has 0 saturated heterocycles. The first kappa shape index (κ1) is 28.5. The molecule has 1 N–H and O–H groups in total. The third-order valence-electron chi connectivity index (χ3n) is 7.95. The Morgan fingerprint density at radius 1 is 0.837 bits per heavy atom. The Hall–Kier alpha value is -4.59. The Balaban J connectivity index is 1.52. The predicted octanol–water partition coefficient (Wildman–Crippen LogP) is 6.82. The number of aromatic amines is 1. The van der Waals surface area contributed by atoms with Crippen molar-refractivity contribution in [3.63, 3.8) is 0 Å². The van der Waals surface area contributed by atoms with Crippen molar-refractivity contribution in [1.29, 1.82) is 0 Å². The first-order chi connectivity index (χ1) is 21.0. The minimum Gasteiger partial charge on any atom is -0.321 e. The number of rotatable bonds is 10. The van der Waals surface area contributed by atoms with Crippen molar-refractivity contribution in [3.8, 4) is 0 Å². The largest absolute Gasteiger partial charge is 0.321 e. The van der Waals surface area contributed by atoms with E-state index < -0.39 is 6.04 Å². The van der Waals surface area contributed by atoms with Crippen LogP contribution < -0.4 is 5.56 Å². The standard InChI is InChI=1S/C35H33ClN6O/c1-24-17-18-25(2)32-29(24)21-30(35(43)37-32)33(34-38-39-40-42(34)20-19-26-11-5-3-6-12-26)41(22-27-13-7-4-8-14-27)23-28-15-9-10-16-31(28)36/h3-18,21,33H,19-20,22-23H2,1-2H3,(H,37,43). The summed E-state index contributed by atoms with van der Waals surface area (Å²) in [7, 11) is 0. The van der Waals surface area contributed by atoms with Gasteiger partial charge in [0.25, 0.3) is 5.56 Å². The quantitative estimate of drug-likeness (QED) is 0.190. The van der Waals surface area contributed by atoms with Crippen LogP contribution in [0.2, 0.25) is 5.02 Å². The third kappa shape index (κ3) is 6.28. The van der Waals surface area contributed by atoms with Crippen LogP contribution in [0.15, 0.2) is 108 Å². The zero-order valence-electron chi connectivity index (χ0n) is 24.2. The number of hydrogen-bond acceptors (Lipinski definition) is 5. The van der Waals surface area contributed by atoms with Gasteiger partial charge in [0.15, 0.2) is 5.82 Å². The van der Waals surface area contributed by atoms with Gasteiger partial charge in [0, 0.05) is 35.6 Å². The van der Waals surface area contributed by atoms with Gasteiger partial charge in [-0.3, -0.25) is 9.69 Å². The van der Waals surface area contributed by atoms with E-state index in [0.717, 1.165) is 39.6 Å². The maximum atomic E-state index is 14.0. The molecule has 2 aromatic heterocycles. The maximum absolute atomic E-state index is 14.0. The summed E-state index contributed by atoms with van der Waals surface area (Å²) in [4.78, 5) is 19.4. The SMILES string of the molecule is Cc1ccc(C)c2[nH]c(=O)c(C(c3nnnn3CCc3ccccc3)N(Cc3ccccc3)Cc3ccccc3Cl)cc12. The van der Waals surface area contributed by atoms with E-state index in [1.165, 1.54) is 5.56 Å². The number of fused-ring (bicyclic) bond motifs is 1. The molecule has 1 unspecified atom stereocenters. The van der Waals surface area contributed by atoms with Crippen LogP contribution in [0.3, 0.4) is 0 Å². The average Bonchev–Trinajstić information content (AvgIpc) is 3.49. The minimum atomic E-state index is -0.560. The lowest BCUT2D eigenvalue weighted by molar-refractivity contribution is 0.193. The van der Waals surface area contributed by atoms with Crippen LogP contribution in [0.1, 0.15) is 45.2 Å². The molecule has 1 atom stereocenters. The summed E-state index contributed by atoms with van der Waals surface area (Å²) < 4.78 is 1.83. The minimum absolute atomic E-state index is 0.166. The lowest BCUT2D eigenvalue weighted by Gasteiger charge is -2.31. The van der Waals surface area contributed by atoms with Gasteiger partial charge in [-0.2, -0.15) is 0 Å². The molecule has 6 rings (SSSR count). The summed E-state index contributed by atoms with van der Waals surface area (Å²) >= 11 is 6.70. The Labute approximate surface area is 255 Å².